The van der Waals surface area contributed by atoms with Gasteiger partial charge in [-0.1, -0.05) is 5.57 Å². The van der Waals surface area contributed by atoms with Gasteiger partial charge in [0.05, 0.1) is 21.1 Å². The number of rotatable bonds is 0. The fraction of sp³-hybridized carbons (Fsp3) is 0.714. The number of nitrogens with one attached hydrogen (secondary N) is 1. The normalized spacial score (nSPS) is 7.75. The molecule has 1 N–H and O–H groups in total. The molecule has 0 heterocycles. The van der Waals surface area contributed by atoms with E-state index in [2.05, 4.69) is 27.7 Å². The van der Waals surface area contributed by atoms with Crippen molar-refractivity contribution >= 4 is 0 Å². The average Bonchev–Trinajstić information content (AvgIpc) is 1.25. The van der Waals surface area contributed by atoms with Gasteiger partial charge in [-0.05, 0) is 13.8 Å². The topological polar surface area (TPSA) is 4.44 Å². The van der Waals surface area contributed by atoms with Crippen LogP contribution in [0.1, 0.15) is 13.8 Å². The quantitative estimate of drug-likeness (QED) is 0.435. The lowest BCUT2D eigenvalue weighted by Crippen LogP contribution is -3.02. The number of hydrogen-bond donors (Lipinski definition) is 1. The molecule has 8 heavy (non-hydrogen) atoms. The molecule has 0 saturated heterocycles. The predicted octanol–water partition coefficient (Wildman–Crippen LogP) is 0.343. The second-order valence-corrected chi connectivity index (χ2v) is 2.71. The van der Waals surface area contributed by atoms with Gasteiger partial charge in [-0.25, -0.2) is 0 Å². The molecule has 50 valence electrons. The van der Waals surface area contributed by atoms with Crippen molar-refractivity contribution in [3.8, 4) is 0 Å². The van der Waals surface area contributed by atoms with Gasteiger partial charge in [0.1, 0.15) is 0 Å². The molecular weight excluding hydrogens is 98.1 g/mol. The summed E-state index contributed by atoms with van der Waals surface area (Å²) in [6, 6.07) is 0. The van der Waals surface area contributed by atoms with Crippen LogP contribution in [0.3, 0.4) is 0 Å². The predicted molar refractivity (Wildman–Crippen MR) is 39.2 cm³/mol. The van der Waals surface area contributed by atoms with E-state index in [0.29, 0.717) is 0 Å². The van der Waals surface area contributed by atoms with E-state index in [1.165, 1.54) is 10.5 Å². The van der Waals surface area contributed by atoms with E-state index < -0.39 is 0 Å². The Labute approximate surface area is 53.0 Å². The molecule has 0 aromatic heterocycles. The van der Waals surface area contributed by atoms with E-state index in [1.54, 1.807) is 0 Å². The molecule has 0 rings (SSSR count). The van der Waals surface area contributed by atoms with Crippen molar-refractivity contribution in [2.45, 2.75) is 13.8 Å². The molecule has 1 heteroatoms. The van der Waals surface area contributed by atoms with E-state index in [-0.39, 0.29) is 0 Å². The smallest absolute Gasteiger partial charge is 0.0661 e. The van der Waals surface area contributed by atoms with Gasteiger partial charge in [0, 0.05) is 0 Å². The second-order valence-electron chi connectivity index (χ2n) is 2.71. The van der Waals surface area contributed by atoms with Crippen molar-refractivity contribution in [1.29, 1.82) is 0 Å². The summed E-state index contributed by atoms with van der Waals surface area (Å²) in [4.78, 5) is 1.42. The minimum absolute atomic E-state index is 1.17. The molecule has 0 bridgehead atoms. The lowest BCUT2D eigenvalue weighted by molar-refractivity contribution is -0.836. The molecule has 0 amide bonds. The fourth-order valence-corrected chi connectivity index (χ4v) is 0. The van der Waals surface area contributed by atoms with Gasteiger partial charge >= 0.3 is 0 Å². The number of allylic oxidation sites excluding steroid dienone is 1. The van der Waals surface area contributed by atoms with Crippen molar-refractivity contribution < 1.29 is 4.90 Å². The van der Waals surface area contributed by atoms with Gasteiger partial charge in [-0.3, -0.25) is 0 Å². The van der Waals surface area contributed by atoms with E-state index >= 15 is 0 Å². The summed E-state index contributed by atoms with van der Waals surface area (Å²) in [5.41, 5.74) is 1.17. The lowest BCUT2D eigenvalue weighted by Gasteiger charge is -1.88. The van der Waals surface area contributed by atoms with Crippen molar-refractivity contribution in [2.24, 2.45) is 0 Å². The molecule has 0 atom stereocenters. The molecule has 0 aliphatic rings. The van der Waals surface area contributed by atoms with Crippen LogP contribution in [0.25, 0.3) is 0 Å². The lowest BCUT2D eigenvalue weighted by atomic mass is 10.4. The van der Waals surface area contributed by atoms with E-state index in [0.717, 1.165) is 0 Å². The molecule has 1 nitrogen and oxygen atoms in total. The minimum Gasteiger partial charge on any atom is -0.342 e. The Morgan fingerprint density at radius 2 is 1.12 bits per heavy atom. The summed E-state index contributed by atoms with van der Waals surface area (Å²) in [6.07, 6.45) is 0. The van der Waals surface area contributed by atoms with Crippen molar-refractivity contribution in [3.05, 3.63) is 12.2 Å². The zero-order valence-corrected chi connectivity index (χ0v) is 6.71. The van der Waals surface area contributed by atoms with Crippen LogP contribution in [0.2, 0.25) is 0 Å². The standard InChI is InChI=1S/C4H8.C3H9N/c2*1-4(2)3/h1H2,2-3H3;1-3H3/p+1. The van der Waals surface area contributed by atoms with Crippen LogP contribution in [0.4, 0.5) is 0 Å². The van der Waals surface area contributed by atoms with Crippen LogP contribution in [-0.2, 0) is 0 Å². The summed E-state index contributed by atoms with van der Waals surface area (Å²) in [5, 5.41) is 0. The Balaban J connectivity index is 0. The fourth-order valence-electron chi connectivity index (χ4n) is 0. The highest BCUT2D eigenvalue weighted by atomic mass is 15.0. The van der Waals surface area contributed by atoms with Gasteiger partial charge in [0.25, 0.3) is 0 Å². The molecule has 0 saturated carbocycles. The third-order valence-electron chi connectivity index (χ3n) is 0. The maximum Gasteiger partial charge on any atom is 0.0661 e. The Morgan fingerprint density at radius 1 is 1.12 bits per heavy atom. The zero-order chi connectivity index (χ0) is 7.15. The summed E-state index contributed by atoms with van der Waals surface area (Å²) in [5.74, 6) is 0. The van der Waals surface area contributed by atoms with Crippen LogP contribution in [0.15, 0.2) is 12.2 Å². The Kier molecular flexibility index (Phi) is 8.91. The van der Waals surface area contributed by atoms with Gasteiger partial charge in [-0.15, -0.1) is 6.58 Å². The third-order valence-corrected chi connectivity index (χ3v) is 0. The van der Waals surface area contributed by atoms with E-state index in [9.17, 15) is 0 Å². The van der Waals surface area contributed by atoms with Crippen LogP contribution in [0, 0.1) is 0 Å². The SMILES string of the molecule is C=C(C)C.C[NH+](C)C. The minimum atomic E-state index is 1.17. The number of hydrogen-bond acceptors (Lipinski definition) is 0. The maximum atomic E-state index is 3.56. The van der Waals surface area contributed by atoms with Crippen LogP contribution >= 0.6 is 0 Å². The van der Waals surface area contributed by atoms with Crippen molar-refractivity contribution in [3.63, 3.8) is 0 Å². The highest BCUT2D eigenvalue weighted by molar-refractivity contribution is 4.78. The Morgan fingerprint density at radius 3 is 1.12 bits per heavy atom. The van der Waals surface area contributed by atoms with E-state index in [1.807, 2.05) is 13.8 Å². The second kappa shape index (κ2) is 6.70. The molecule has 0 spiro atoms. The van der Waals surface area contributed by atoms with Crippen molar-refractivity contribution in [1.82, 2.24) is 0 Å². The molecular formula is C7H18N+. The molecule has 0 unspecified atom stereocenters. The van der Waals surface area contributed by atoms with Gasteiger partial charge in [0.2, 0.25) is 0 Å². The molecule has 0 aromatic rings. The zero-order valence-electron chi connectivity index (χ0n) is 6.71. The van der Waals surface area contributed by atoms with Gasteiger partial charge in [0.15, 0.2) is 0 Å². The summed E-state index contributed by atoms with van der Waals surface area (Å²) in [6.45, 7) is 7.50. The first kappa shape index (κ1) is 10.6. The highest BCUT2D eigenvalue weighted by Crippen LogP contribution is 1.73. The van der Waals surface area contributed by atoms with Crippen LogP contribution < -0.4 is 4.90 Å². The number of quaternary nitrogens is 1. The molecule has 0 aromatic carbocycles. The summed E-state index contributed by atoms with van der Waals surface area (Å²) < 4.78 is 0. The molecule has 0 radical (unpaired) electrons. The first-order valence-corrected chi connectivity index (χ1v) is 2.85. The van der Waals surface area contributed by atoms with Crippen LogP contribution in [0.5, 0.6) is 0 Å². The van der Waals surface area contributed by atoms with Gasteiger partial charge in [-0.2, -0.15) is 0 Å². The first-order valence-electron chi connectivity index (χ1n) is 2.85. The average molecular weight is 116 g/mol. The monoisotopic (exact) mass is 116 g/mol. The van der Waals surface area contributed by atoms with Crippen molar-refractivity contribution in [2.75, 3.05) is 21.1 Å². The molecule has 0 aliphatic carbocycles. The first-order chi connectivity index (χ1) is 3.46. The Hall–Kier alpha value is -0.300. The third kappa shape index (κ3) is 1400. The highest BCUT2D eigenvalue weighted by Gasteiger charge is 1.61. The van der Waals surface area contributed by atoms with Gasteiger partial charge < -0.3 is 4.90 Å². The summed E-state index contributed by atoms with van der Waals surface area (Å²) in [7, 11) is 6.25. The molecule has 0 fully saturated rings. The van der Waals surface area contributed by atoms with Crippen LogP contribution in [-0.4, -0.2) is 21.1 Å². The Bertz CT molecular complexity index is 48.7. The maximum absolute atomic E-state index is 3.56. The van der Waals surface area contributed by atoms with E-state index in [4.69, 9.17) is 0 Å². The largest absolute Gasteiger partial charge is 0.342 e. The molecule has 0 aliphatic heterocycles. The summed E-state index contributed by atoms with van der Waals surface area (Å²) >= 11 is 0.